The molecule has 0 N–H and O–H groups in total. The first-order chi connectivity index (χ1) is 6.88. The molecule has 0 amide bonds. The van der Waals surface area contributed by atoms with Gasteiger partial charge in [0.1, 0.15) is 5.82 Å². The number of nitrogens with zero attached hydrogens (tertiary/aromatic N) is 2. The Balaban J connectivity index is 3.06. The molecule has 0 fully saturated rings. The van der Waals surface area contributed by atoms with Crippen molar-refractivity contribution in [2.75, 3.05) is 17.3 Å². The predicted octanol–water partition coefficient (Wildman–Crippen LogP) is 3.76. The Bertz CT molecular complexity index is 350. The fourth-order valence-electron chi connectivity index (χ4n) is 1.15. The summed E-state index contributed by atoms with van der Waals surface area (Å²) >= 11 is 7.07. The third-order valence-electron chi connectivity index (χ3n) is 2.51. The summed E-state index contributed by atoms with van der Waals surface area (Å²) in [4.78, 5) is 6.62. The van der Waals surface area contributed by atoms with Crippen LogP contribution in [0.3, 0.4) is 0 Å². The van der Waals surface area contributed by atoms with Crippen LogP contribution in [0.2, 0.25) is 0 Å². The van der Waals surface area contributed by atoms with E-state index in [-0.39, 0.29) is 5.54 Å². The van der Waals surface area contributed by atoms with Gasteiger partial charge in [-0.25, -0.2) is 4.98 Å². The van der Waals surface area contributed by atoms with E-state index in [4.69, 9.17) is 0 Å². The number of hydrogen-bond donors (Lipinski definition) is 0. The van der Waals surface area contributed by atoms with E-state index in [0.717, 1.165) is 21.2 Å². The summed E-state index contributed by atoms with van der Waals surface area (Å²) in [7, 11) is 2.06. The van der Waals surface area contributed by atoms with Crippen LogP contribution in [0.15, 0.2) is 16.7 Å². The highest BCUT2D eigenvalue weighted by Crippen LogP contribution is 2.29. The molecule has 0 radical (unpaired) electrons. The number of rotatable bonds is 3. The van der Waals surface area contributed by atoms with Crippen molar-refractivity contribution in [3.8, 4) is 0 Å². The number of hydrogen-bond acceptors (Lipinski definition) is 2. The van der Waals surface area contributed by atoms with Crippen molar-refractivity contribution in [2.45, 2.75) is 26.3 Å². The van der Waals surface area contributed by atoms with Crippen LogP contribution in [0, 0.1) is 6.92 Å². The molecule has 0 saturated heterocycles. The topological polar surface area (TPSA) is 16.1 Å². The summed E-state index contributed by atoms with van der Waals surface area (Å²) in [5, 5.41) is 0.901. The van der Waals surface area contributed by atoms with E-state index in [9.17, 15) is 0 Å². The van der Waals surface area contributed by atoms with Crippen molar-refractivity contribution < 1.29 is 0 Å². The summed E-state index contributed by atoms with van der Waals surface area (Å²) in [6.45, 7) is 6.39. The molecule has 0 unspecified atom stereocenters. The van der Waals surface area contributed by atoms with Gasteiger partial charge in [-0.2, -0.15) is 0 Å². The first-order valence-electron chi connectivity index (χ1n) is 4.80. The standard InChI is InChI=1S/C11H16Br2N2/c1-8-5-9(13)10(14-6-8)15(4)11(2,3)7-12/h5-6H,7H2,1-4H3. The molecular weight excluding hydrogens is 320 g/mol. The number of aromatic nitrogens is 1. The van der Waals surface area contributed by atoms with E-state index in [0.29, 0.717) is 0 Å². The molecule has 15 heavy (non-hydrogen) atoms. The van der Waals surface area contributed by atoms with Crippen LogP contribution in [0.1, 0.15) is 19.4 Å². The van der Waals surface area contributed by atoms with Gasteiger partial charge in [0.2, 0.25) is 0 Å². The molecule has 0 aliphatic rings. The lowest BCUT2D eigenvalue weighted by molar-refractivity contribution is 0.546. The second kappa shape index (κ2) is 4.83. The van der Waals surface area contributed by atoms with Crippen molar-refractivity contribution in [3.63, 3.8) is 0 Å². The molecule has 0 bridgehead atoms. The van der Waals surface area contributed by atoms with Gasteiger partial charge in [-0.3, -0.25) is 0 Å². The number of pyridine rings is 1. The molecule has 0 aromatic carbocycles. The van der Waals surface area contributed by atoms with Crippen molar-refractivity contribution in [1.29, 1.82) is 0 Å². The second-order valence-electron chi connectivity index (χ2n) is 4.32. The second-order valence-corrected chi connectivity index (χ2v) is 5.74. The van der Waals surface area contributed by atoms with Crippen LogP contribution < -0.4 is 4.90 Å². The summed E-state index contributed by atoms with van der Waals surface area (Å²) in [5.74, 6) is 0.977. The molecule has 1 heterocycles. The molecular formula is C11H16Br2N2. The van der Waals surface area contributed by atoms with Crippen LogP contribution in [0.5, 0.6) is 0 Å². The van der Waals surface area contributed by atoms with Crippen LogP contribution in [0.4, 0.5) is 5.82 Å². The van der Waals surface area contributed by atoms with Crippen LogP contribution in [0.25, 0.3) is 0 Å². The minimum absolute atomic E-state index is 0.0464. The van der Waals surface area contributed by atoms with Gasteiger partial charge in [-0.05, 0) is 48.3 Å². The zero-order valence-electron chi connectivity index (χ0n) is 9.51. The first kappa shape index (κ1) is 13.0. The smallest absolute Gasteiger partial charge is 0.143 e. The number of aryl methyl sites for hydroxylation is 1. The summed E-state index contributed by atoms with van der Waals surface area (Å²) < 4.78 is 1.04. The summed E-state index contributed by atoms with van der Waals surface area (Å²) in [5.41, 5.74) is 1.21. The minimum Gasteiger partial charge on any atom is -0.353 e. The third-order valence-corrected chi connectivity index (χ3v) is 4.47. The lowest BCUT2D eigenvalue weighted by Crippen LogP contribution is -2.43. The predicted molar refractivity (Wildman–Crippen MR) is 73.0 cm³/mol. The number of alkyl halides is 1. The average molecular weight is 336 g/mol. The quantitative estimate of drug-likeness (QED) is 0.782. The highest BCUT2D eigenvalue weighted by molar-refractivity contribution is 9.10. The summed E-state index contributed by atoms with van der Waals surface area (Å²) in [6, 6.07) is 2.09. The van der Waals surface area contributed by atoms with Gasteiger partial charge in [0.15, 0.2) is 0 Å². The van der Waals surface area contributed by atoms with Crippen molar-refractivity contribution in [2.24, 2.45) is 0 Å². The fraction of sp³-hybridized carbons (Fsp3) is 0.545. The maximum absolute atomic E-state index is 4.45. The number of halogens is 2. The monoisotopic (exact) mass is 334 g/mol. The molecule has 1 aromatic heterocycles. The Hall–Kier alpha value is -0.0900. The molecule has 1 rings (SSSR count). The van der Waals surface area contributed by atoms with E-state index in [1.165, 1.54) is 0 Å². The Morgan fingerprint density at radius 1 is 1.47 bits per heavy atom. The third kappa shape index (κ3) is 2.94. The Morgan fingerprint density at radius 3 is 2.53 bits per heavy atom. The van der Waals surface area contributed by atoms with Gasteiger partial charge in [-0.1, -0.05) is 15.9 Å². The van der Waals surface area contributed by atoms with Crippen molar-refractivity contribution >= 4 is 37.7 Å². The zero-order chi connectivity index (χ0) is 11.6. The molecule has 0 atom stereocenters. The van der Waals surface area contributed by atoms with E-state index < -0.39 is 0 Å². The van der Waals surface area contributed by atoms with Gasteiger partial charge in [0, 0.05) is 24.1 Å². The van der Waals surface area contributed by atoms with E-state index in [2.05, 4.69) is 68.7 Å². The normalized spacial score (nSPS) is 11.6. The molecule has 0 spiro atoms. The SMILES string of the molecule is Cc1cnc(N(C)C(C)(C)CBr)c(Br)c1. The van der Waals surface area contributed by atoms with Gasteiger partial charge in [-0.15, -0.1) is 0 Å². The molecule has 1 aromatic rings. The molecule has 0 aliphatic heterocycles. The Kier molecular flexibility index (Phi) is 4.18. The van der Waals surface area contributed by atoms with Crippen LogP contribution >= 0.6 is 31.9 Å². The maximum atomic E-state index is 4.45. The van der Waals surface area contributed by atoms with E-state index >= 15 is 0 Å². The molecule has 84 valence electrons. The van der Waals surface area contributed by atoms with Crippen LogP contribution in [-0.4, -0.2) is 22.9 Å². The Labute approximate surface area is 108 Å². The fourth-order valence-corrected chi connectivity index (χ4v) is 2.26. The molecule has 4 heteroatoms. The first-order valence-corrected chi connectivity index (χ1v) is 6.72. The van der Waals surface area contributed by atoms with E-state index in [1.54, 1.807) is 0 Å². The summed E-state index contributed by atoms with van der Waals surface area (Å²) in [6.07, 6.45) is 1.89. The highest BCUT2D eigenvalue weighted by Gasteiger charge is 2.24. The highest BCUT2D eigenvalue weighted by atomic mass is 79.9. The lowest BCUT2D eigenvalue weighted by Gasteiger charge is -2.35. The van der Waals surface area contributed by atoms with E-state index in [1.807, 2.05) is 13.1 Å². The van der Waals surface area contributed by atoms with Gasteiger partial charge in [0.05, 0.1) is 4.47 Å². The zero-order valence-corrected chi connectivity index (χ0v) is 12.7. The van der Waals surface area contributed by atoms with Crippen molar-refractivity contribution in [3.05, 3.63) is 22.3 Å². The average Bonchev–Trinajstić information content (AvgIpc) is 2.17. The molecule has 0 saturated carbocycles. The van der Waals surface area contributed by atoms with Gasteiger partial charge >= 0.3 is 0 Å². The van der Waals surface area contributed by atoms with Gasteiger partial charge in [0.25, 0.3) is 0 Å². The molecule has 2 nitrogen and oxygen atoms in total. The van der Waals surface area contributed by atoms with Gasteiger partial charge < -0.3 is 4.90 Å². The number of anilines is 1. The van der Waals surface area contributed by atoms with Crippen molar-refractivity contribution in [1.82, 2.24) is 4.98 Å². The van der Waals surface area contributed by atoms with Crippen LogP contribution in [-0.2, 0) is 0 Å². The minimum atomic E-state index is 0.0464. The maximum Gasteiger partial charge on any atom is 0.143 e. The largest absolute Gasteiger partial charge is 0.353 e. The lowest BCUT2D eigenvalue weighted by atomic mass is 10.1. The Morgan fingerprint density at radius 2 is 2.07 bits per heavy atom. The molecule has 0 aliphatic carbocycles.